The van der Waals surface area contributed by atoms with Crippen LogP contribution in [0.4, 0.5) is 10.1 Å². The zero-order valence-corrected chi connectivity index (χ0v) is 13.6. The first-order chi connectivity index (χ1) is 11.0. The van der Waals surface area contributed by atoms with Crippen molar-refractivity contribution in [2.24, 2.45) is 0 Å². The summed E-state index contributed by atoms with van der Waals surface area (Å²) in [6.45, 7) is 5.67. The molecular weight excluding hydrogens is 297 g/mol. The van der Waals surface area contributed by atoms with Crippen LogP contribution in [0.5, 0.6) is 0 Å². The summed E-state index contributed by atoms with van der Waals surface area (Å²) >= 11 is 0. The van der Waals surface area contributed by atoms with E-state index < -0.39 is 11.7 Å². The SMILES string of the molecule is CC.CNC(=O)c1ccc(NC(=O)c2cc(C)ncc2F)cc1. The van der Waals surface area contributed by atoms with E-state index in [-0.39, 0.29) is 11.5 Å². The monoisotopic (exact) mass is 317 g/mol. The molecule has 0 spiro atoms. The molecule has 0 aliphatic carbocycles. The molecule has 0 radical (unpaired) electrons. The van der Waals surface area contributed by atoms with Crippen molar-refractivity contribution in [2.75, 3.05) is 12.4 Å². The number of hydrogen-bond donors (Lipinski definition) is 2. The number of amides is 2. The summed E-state index contributed by atoms with van der Waals surface area (Å²) in [5.41, 5.74) is 1.43. The fourth-order valence-electron chi connectivity index (χ4n) is 1.76. The highest BCUT2D eigenvalue weighted by Crippen LogP contribution is 2.13. The third-order valence-corrected chi connectivity index (χ3v) is 2.87. The average Bonchev–Trinajstić information content (AvgIpc) is 2.58. The van der Waals surface area contributed by atoms with Crippen LogP contribution in [0.1, 0.15) is 40.3 Å². The first-order valence-corrected chi connectivity index (χ1v) is 7.27. The molecule has 0 bridgehead atoms. The van der Waals surface area contributed by atoms with E-state index in [1.54, 1.807) is 31.2 Å². The van der Waals surface area contributed by atoms with Crippen molar-refractivity contribution in [1.82, 2.24) is 10.3 Å². The van der Waals surface area contributed by atoms with E-state index in [2.05, 4.69) is 15.6 Å². The maximum atomic E-state index is 13.6. The second kappa shape index (κ2) is 8.63. The Balaban J connectivity index is 0.00000127. The molecule has 2 amide bonds. The van der Waals surface area contributed by atoms with E-state index in [0.29, 0.717) is 16.9 Å². The second-order valence-corrected chi connectivity index (χ2v) is 4.42. The highest BCUT2D eigenvalue weighted by molar-refractivity contribution is 6.04. The van der Waals surface area contributed by atoms with Crippen molar-refractivity contribution >= 4 is 17.5 Å². The molecule has 2 aromatic rings. The molecule has 23 heavy (non-hydrogen) atoms. The zero-order valence-electron chi connectivity index (χ0n) is 13.6. The number of benzene rings is 1. The zero-order chi connectivity index (χ0) is 17.4. The van der Waals surface area contributed by atoms with Gasteiger partial charge in [-0.2, -0.15) is 0 Å². The van der Waals surface area contributed by atoms with Crippen LogP contribution in [-0.2, 0) is 0 Å². The number of halogens is 1. The largest absolute Gasteiger partial charge is 0.355 e. The predicted octanol–water partition coefficient (Wildman–Crippen LogP) is 3.17. The van der Waals surface area contributed by atoms with Gasteiger partial charge in [0.25, 0.3) is 11.8 Å². The van der Waals surface area contributed by atoms with Crippen molar-refractivity contribution in [1.29, 1.82) is 0 Å². The molecule has 2 N–H and O–H groups in total. The summed E-state index contributed by atoms with van der Waals surface area (Å²) in [7, 11) is 1.53. The molecule has 0 saturated carbocycles. The number of carbonyl (C=O) groups excluding carboxylic acids is 2. The van der Waals surface area contributed by atoms with E-state index in [1.807, 2.05) is 13.8 Å². The molecule has 1 aromatic carbocycles. The Morgan fingerprint density at radius 2 is 1.70 bits per heavy atom. The Morgan fingerprint density at radius 1 is 1.09 bits per heavy atom. The highest BCUT2D eigenvalue weighted by atomic mass is 19.1. The minimum absolute atomic E-state index is 0.0714. The molecule has 1 heterocycles. The molecule has 2 rings (SSSR count). The molecule has 0 aliphatic rings. The van der Waals surface area contributed by atoms with Gasteiger partial charge in [-0.25, -0.2) is 4.39 Å². The molecule has 122 valence electrons. The van der Waals surface area contributed by atoms with Gasteiger partial charge < -0.3 is 10.6 Å². The smallest absolute Gasteiger partial charge is 0.258 e. The first kappa shape index (κ1) is 18.3. The molecule has 6 heteroatoms. The number of anilines is 1. The van der Waals surface area contributed by atoms with Gasteiger partial charge in [0.05, 0.1) is 11.8 Å². The molecule has 0 atom stereocenters. The van der Waals surface area contributed by atoms with Crippen LogP contribution in [0.15, 0.2) is 36.5 Å². The van der Waals surface area contributed by atoms with Gasteiger partial charge in [-0.05, 0) is 37.3 Å². The van der Waals surface area contributed by atoms with E-state index in [9.17, 15) is 14.0 Å². The number of pyridine rings is 1. The van der Waals surface area contributed by atoms with Crippen LogP contribution in [0.25, 0.3) is 0 Å². The van der Waals surface area contributed by atoms with E-state index in [0.717, 1.165) is 6.20 Å². The lowest BCUT2D eigenvalue weighted by Crippen LogP contribution is -2.18. The van der Waals surface area contributed by atoms with Crippen LogP contribution in [0, 0.1) is 12.7 Å². The molecule has 0 fully saturated rings. The van der Waals surface area contributed by atoms with Crippen molar-refractivity contribution < 1.29 is 14.0 Å². The molecule has 0 unspecified atom stereocenters. The third kappa shape index (κ3) is 4.88. The standard InChI is InChI=1S/C15H14FN3O2.C2H6/c1-9-7-12(13(16)8-18-9)15(21)19-11-5-3-10(4-6-11)14(20)17-2;1-2/h3-8H,1-2H3,(H,17,20)(H,19,21);1-2H3. The Hall–Kier alpha value is -2.76. The number of aromatic nitrogens is 1. The lowest BCUT2D eigenvalue weighted by atomic mass is 10.1. The highest BCUT2D eigenvalue weighted by Gasteiger charge is 2.13. The van der Waals surface area contributed by atoms with Crippen LogP contribution < -0.4 is 10.6 Å². The van der Waals surface area contributed by atoms with Gasteiger partial charge in [0.1, 0.15) is 0 Å². The van der Waals surface area contributed by atoms with Gasteiger partial charge in [0, 0.05) is 24.0 Å². The van der Waals surface area contributed by atoms with Gasteiger partial charge in [-0.3, -0.25) is 14.6 Å². The average molecular weight is 317 g/mol. The third-order valence-electron chi connectivity index (χ3n) is 2.87. The summed E-state index contributed by atoms with van der Waals surface area (Å²) < 4.78 is 13.6. The van der Waals surface area contributed by atoms with Gasteiger partial charge in [-0.1, -0.05) is 13.8 Å². The Bertz CT molecular complexity index is 685. The summed E-state index contributed by atoms with van der Waals surface area (Å²) in [5, 5.41) is 5.07. The maximum absolute atomic E-state index is 13.6. The minimum Gasteiger partial charge on any atom is -0.355 e. The summed E-state index contributed by atoms with van der Waals surface area (Å²) in [5.74, 6) is -1.46. The predicted molar refractivity (Wildman–Crippen MR) is 88.1 cm³/mol. The van der Waals surface area contributed by atoms with Crippen LogP contribution in [0.3, 0.4) is 0 Å². The van der Waals surface area contributed by atoms with Gasteiger partial charge in [-0.15, -0.1) is 0 Å². The van der Waals surface area contributed by atoms with Gasteiger partial charge in [0.15, 0.2) is 5.82 Å². The van der Waals surface area contributed by atoms with Crippen molar-refractivity contribution in [2.45, 2.75) is 20.8 Å². The number of aryl methyl sites for hydroxylation is 1. The lowest BCUT2D eigenvalue weighted by Gasteiger charge is -2.07. The normalized spacial score (nSPS) is 9.43. The van der Waals surface area contributed by atoms with Crippen molar-refractivity contribution in [3.8, 4) is 0 Å². The number of rotatable bonds is 3. The Kier molecular flexibility index (Phi) is 6.86. The summed E-state index contributed by atoms with van der Waals surface area (Å²) in [6, 6.07) is 7.68. The minimum atomic E-state index is -0.680. The van der Waals surface area contributed by atoms with Crippen molar-refractivity contribution in [3.63, 3.8) is 0 Å². The lowest BCUT2D eigenvalue weighted by molar-refractivity contribution is 0.0962. The topological polar surface area (TPSA) is 71.1 Å². The van der Waals surface area contributed by atoms with E-state index in [4.69, 9.17) is 0 Å². The number of carbonyl (C=O) groups is 2. The second-order valence-electron chi connectivity index (χ2n) is 4.42. The molecule has 5 nitrogen and oxygen atoms in total. The molecule has 1 aromatic heterocycles. The van der Waals surface area contributed by atoms with Crippen LogP contribution in [0.2, 0.25) is 0 Å². The Morgan fingerprint density at radius 3 is 2.26 bits per heavy atom. The van der Waals surface area contributed by atoms with Gasteiger partial charge in [0.2, 0.25) is 0 Å². The fourth-order valence-corrected chi connectivity index (χ4v) is 1.76. The van der Waals surface area contributed by atoms with E-state index in [1.165, 1.54) is 13.1 Å². The fraction of sp³-hybridized carbons (Fsp3) is 0.235. The van der Waals surface area contributed by atoms with Crippen LogP contribution >= 0.6 is 0 Å². The number of nitrogens with zero attached hydrogens (tertiary/aromatic N) is 1. The summed E-state index contributed by atoms with van der Waals surface area (Å²) in [4.78, 5) is 27.2. The van der Waals surface area contributed by atoms with Crippen LogP contribution in [-0.4, -0.2) is 23.8 Å². The molecular formula is C17H20FN3O2. The maximum Gasteiger partial charge on any atom is 0.258 e. The molecule has 0 saturated heterocycles. The molecule has 0 aliphatic heterocycles. The van der Waals surface area contributed by atoms with Gasteiger partial charge >= 0.3 is 0 Å². The summed E-state index contributed by atoms with van der Waals surface area (Å²) in [6.07, 6.45) is 1.01. The first-order valence-electron chi connectivity index (χ1n) is 7.27. The number of nitrogens with one attached hydrogen (secondary N) is 2. The Labute approximate surface area is 134 Å². The van der Waals surface area contributed by atoms with E-state index >= 15 is 0 Å². The quantitative estimate of drug-likeness (QED) is 0.913. The number of hydrogen-bond acceptors (Lipinski definition) is 3. The van der Waals surface area contributed by atoms with Crippen molar-refractivity contribution in [3.05, 3.63) is 59.2 Å².